The molecule has 0 bridgehead atoms. The Hall–Kier alpha value is -0.610. The minimum Gasteiger partial charge on any atom is -0.461 e. The predicted molar refractivity (Wildman–Crippen MR) is 57.2 cm³/mol. The van der Waals surface area contributed by atoms with E-state index in [9.17, 15) is 4.79 Å². The second kappa shape index (κ2) is 6.08. The predicted octanol–water partition coefficient (Wildman–Crippen LogP) is 0.818. The van der Waals surface area contributed by atoms with E-state index in [1.165, 1.54) is 6.42 Å². The molecule has 4 heteroatoms. The zero-order valence-corrected chi connectivity index (χ0v) is 9.32. The molecule has 0 radical (unpaired) electrons. The Balaban J connectivity index is 2.30. The van der Waals surface area contributed by atoms with E-state index >= 15 is 0 Å². The van der Waals surface area contributed by atoms with E-state index in [1.54, 1.807) is 0 Å². The molecule has 0 aliphatic heterocycles. The van der Waals surface area contributed by atoms with Gasteiger partial charge in [-0.2, -0.15) is 0 Å². The van der Waals surface area contributed by atoms with Crippen LogP contribution in [0.25, 0.3) is 0 Å². The van der Waals surface area contributed by atoms with Crippen molar-refractivity contribution in [3.05, 3.63) is 0 Å². The molecule has 4 nitrogen and oxygen atoms in total. The normalized spacial score (nSPS) is 28.5. The molecular weight excluding hydrogens is 194 g/mol. The van der Waals surface area contributed by atoms with Crippen LogP contribution in [0.2, 0.25) is 0 Å². The van der Waals surface area contributed by atoms with Crippen molar-refractivity contribution in [3.8, 4) is 0 Å². The zero-order chi connectivity index (χ0) is 11.3. The number of hydrogen-bond donors (Lipinski definition) is 2. The summed E-state index contributed by atoms with van der Waals surface area (Å²) in [6.07, 6.45) is 4.54. The molecule has 0 heterocycles. The van der Waals surface area contributed by atoms with Crippen LogP contribution in [0.15, 0.2) is 0 Å². The molecule has 0 aromatic rings. The average molecular weight is 215 g/mol. The van der Waals surface area contributed by atoms with Crippen LogP contribution < -0.4 is 5.73 Å². The Bertz CT molecular complexity index is 208. The molecule has 0 aromatic carbocycles. The topological polar surface area (TPSA) is 72.5 Å². The summed E-state index contributed by atoms with van der Waals surface area (Å²) in [4.78, 5) is 11.4. The number of ether oxygens (including phenoxy) is 1. The number of esters is 1. The first-order valence-electron chi connectivity index (χ1n) is 5.70. The number of aliphatic hydroxyl groups excluding tert-OH is 1. The van der Waals surface area contributed by atoms with Crippen molar-refractivity contribution in [2.45, 2.75) is 51.2 Å². The number of nitrogens with two attached hydrogens (primary N) is 1. The molecule has 1 aliphatic carbocycles. The van der Waals surface area contributed by atoms with Crippen LogP contribution in [0.3, 0.4) is 0 Å². The van der Waals surface area contributed by atoms with Gasteiger partial charge in [0.25, 0.3) is 0 Å². The molecule has 3 N–H and O–H groups in total. The molecule has 1 fully saturated rings. The number of rotatable bonds is 4. The van der Waals surface area contributed by atoms with Crippen LogP contribution >= 0.6 is 0 Å². The van der Waals surface area contributed by atoms with Crippen molar-refractivity contribution >= 4 is 5.97 Å². The summed E-state index contributed by atoms with van der Waals surface area (Å²) in [5.41, 5.74) is 5.55. The van der Waals surface area contributed by atoms with Gasteiger partial charge in [0.2, 0.25) is 0 Å². The number of aliphatic hydroxyl groups is 1. The summed E-state index contributed by atoms with van der Waals surface area (Å²) in [6.45, 7) is 2.10. The Labute approximate surface area is 90.8 Å². The summed E-state index contributed by atoms with van der Waals surface area (Å²) in [6, 6.07) is -0.674. The maximum absolute atomic E-state index is 11.4. The van der Waals surface area contributed by atoms with Crippen LogP contribution in [-0.4, -0.2) is 29.8 Å². The van der Waals surface area contributed by atoms with Gasteiger partial charge >= 0.3 is 5.97 Å². The Morgan fingerprint density at radius 2 is 2.33 bits per heavy atom. The van der Waals surface area contributed by atoms with E-state index in [-0.39, 0.29) is 25.1 Å². The highest BCUT2D eigenvalue weighted by Gasteiger charge is 2.24. The standard InChI is InChI=1S/C11H21NO3/c1-8-3-2-4-9(7-8)15-11(14)10(12)5-6-13/h8-10,13H,2-7,12H2,1H3/t8?,9?,10-/m0/s1. The quantitative estimate of drug-likeness (QED) is 0.681. The third kappa shape index (κ3) is 4.18. The third-order valence-electron chi connectivity index (χ3n) is 2.91. The highest BCUT2D eigenvalue weighted by atomic mass is 16.5. The molecule has 15 heavy (non-hydrogen) atoms. The van der Waals surface area contributed by atoms with Crippen molar-refractivity contribution in [2.75, 3.05) is 6.61 Å². The van der Waals surface area contributed by atoms with Gasteiger partial charge < -0.3 is 15.6 Å². The highest BCUT2D eigenvalue weighted by molar-refractivity contribution is 5.75. The van der Waals surface area contributed by atoms with Crippen molar-refractivity contribution < 1.29 is 14.6 Å². The molecule has 0 aromatic heterocycles. The molecule has 0 spiro atoms. The fourth-order valence-corrected chi connectivity index (χ4v) is 1.99. The minimum absolute atomic E-state index is 0.0333. The first-order chi connectivity index (χ1) is 7.13. The van der Waals surface area contributed by atoms with E-state index < -0.39 is 6.04 Å². The molecule has 1 rings (SSSR count). The Morgan fingerprint density at radius 1 is 1.60 bits per heavy atom. The monoisotopic (exact) mass is 215 g/mol. The average Bonchev–Trinajstić information content (AvgIpc) is 2.18. The van der Waals surface area contributed by atoms with Gasteiger partial charge in [0.15, 0.2) is 0 Å². The molecule has 0 amide bonds. The lowest BCUT2D eigenvalue weighted by Gasteiger charge is -2.27. The first kappa shape index (κ1) is 12.5. The van der Waals surface area contributed by atoms with E-state index in [0.29, 0.717) is 5.92 Å². The lowest BCUT2D eigenvalue weighted by molar-refractivity contribution is -0.153. The van der Waals surface area contributed by atoms with Gasteiger partial charge in [0.05, 0.1) is 0 Å². The number of carbonyl (C=O) groups is 1. The lowest BCUT2D eigenvalue weighted by atomic mass is 9.89. The minimum atomic E-state index is -0.674. The van der Waals surface area contributed by atoms with Gasteiger partial charge in [0, 0.05) is 6.61 Å². The molecule has 2 unspecified atom stereocenters. The van der Waals surface area contributed by atoms with E-state index in [1.807, 2.05) is 0 Å². The van der Waals surface area contributed by atoms with Crippen LogP contribution in [0, 0.1) is 5.92 Å². The highest BCUT2D eigenvalue weighted by Crippen LogP contribution is 2.25. The molecular formula is C11H21NO3. The van der Waals surface area contributed by atoms with Crippen molar-refractivity contribution in [3.63, 3.8) is 0 Å². The smallest absolute Gasteiger partial charge is 0.323 e. The maximum Gasteiger partial charge on any atom is 0.323 e. The summed E-state index contributed by atoms with van der Waals surface area (Å²) in [7, 11) is 0. The summed E-state index contributed by atoms with van der Waals surface area (Å²) >= 11 is 0. The summed E-state index contributed by atoms with van der Waals surface area (Å²) < 4.78 is 5.30. The van der Waals surface area contributed by atoms with Crippen LogP contribution in [0.4, 0.5) is 0 Å². The second-order valence-electron chi connectivity index (χ2n) is 4.45. The van der Waals surface area contributed by atoms with Gasteiger partial charge in [-0.3, -0.25) is 4.79 Å². The fourth-order valence-electron chi connectivity index (χ4n) is 1.99. The number of carbonyl (C=O) groups excluding carboxylic acids is 1. The molecule has 1 saturated carbocycles. The maximum atomic E-state index is 11.4. The largest absolute Gasteiger partial charge is 0.461 e. The summed E-state index contributed by atoms with van der Waals surface area (Å²) in [5, 5.41) is 8.65. The molecule has 0 saturated heterocycles. The Kier molecular flexibility index (Phi) is 5.05. The van der Waals surface area contributed by atoms with Crippen LogP contribution in [0.1, 0.15) is 39.0 Å². The third-order valence-corrected chi connectivity index (χ3v) is 2.91. The van der Waals surface area contributed by atoms with Crippen molar-refractivity contribution in [1.29, 1.82) is 0 Å². The van der Waals surface area contributed by atoms with Gasteiger partial charge in [-0.25, -0.2) is 0 Å². The molecule has 1 aliphatic rings. The lowest BCUT2D eigenvalue weighted by Crippen LogP contribution is -2.36. The van der Waals surface area contributed by atoms with Gasteiger partial charge in [-0.15, -0.1) is 0 Å². The second-order valence-corrected chi connectivity index (χ2v) is 4.45. The first-order valence-corrected chi connectivity index (χ1v) is 5.70. The molecule has 3 atom stereocenters. The van der Waals surface area contributed by atoms with Crippen molar-refractivity contribution in [1.82, 2.24) is 0 Å². The SMILES string of the molecule is CC1CCCC(OC(=O)[C@@H](N)CCO)C1. The zero-order valence-electron chi connectivity index (χ0n) is 9.32. The van der Waals surface area contributed by atoms with E-state index in [4.69, 9.17) is 15.6 Å². The van der Waals surface area contributed by atoms with Crippen LogP contribution in [0.5, 0.6) is 0 Å². The van der Waals surface area contributed by atoms with Crippen LogP contribution in [-0.2, 0) is 9.53 Å². The number of hydrogen-bond acceptors (Lipinski definition) is 4. The van der Waals surface area contributed by atoms with E-state index in [2.05, 4.69) is 6.92 Å². The van der Waals surface area contributed by atoms with E-state index in [0.717, 1.165) is 19.3 Å². The fraction of sp³-hybridized carbons (Fsp3) is 0.909. The molecule has 88 valence electrons. The van der Waals surface area contributed by atoms with Crippen molar-refractivity contribution in [2.24, 2.45) is 11.7 Å². The summed E-state index contributed by atoms with van der Waals surface area (Å²) in [5.74, 6) is 0.258. The van der Waals surface area contributed by atoms with Gasteiger partial charge in [-0.1, -0.05) is 13.3 Å². The Morgan fingerprint density at radius 3 is 2.93 bits per heavy atom. The van der Waals surface area contributed by atoms with Gasteiger partial charge in [-0.05, 0) is 31.6 Å². The van der Waals surface area contributed by atoms with Gasteiger partial charge in [0.1, 0.15) is 12.1 Å².